The summed E-state index contributed by atoms with van der Waals surface area (Å²) in [6, 6.07) is 14.2. The van der Waals surface area contributed by atoms with E-state index in [0.29, 0.717) is 43.4 Å². The number of aliphatic imine (C=N–C) groups is 2. The number of hydrogen-bond donors (Lipinski definition) is 0. The van der Waals surface area contributed by atoms with Gasteiger partial charge >= 0.3 is 0 Å². The van der Waals surface area contributed by atoms with E-state index in [-0.39, 0.29) is 5.82 Å². The molecule has 0 bridgehead atoms. The van der Waals surface area contributed by atoms with Gasteiger partial charge in [0.1, 0.15) is 18.2 Å². The summed E-state index contributed by atoms with van der Waals surface area (Å²) in [7, 11) is 1.66. The Bertz CT molecular complexity index is 758. The second-order valence-corrected chi connectivity index (χ2v) is 5.36. The molecule has 2 aromatic rings. The van der Waals surface area contributed by atoms with Crippen LogP contribution in [0.15, 0.2) is 71.2 Å². The van der Waals surface area contributed by atoms with Crippen LogP contribution in [0.5, 0.6) is 5.75 Å². The summed E-state index contributed by atoms with van der Waals surface area (Å²) in [4.78, 5) is 8.42. The topological polar surface area (TPSA) is 43.2 Å². The van der Waals surface area contributed by atoms with Crippen molar-refractivity contribution < 1.29 is 13.9 Å². The van der Waals surface area contributed by atoms with Crippen LogP contribution in [0, 0.1) is 5.82 Å². The first-order valence-electron chi connectivity index (χ1n) is 8.39. The summed E-state index contributed by atoms with van der Waals surface area (Å²) in [6.07, 6.45) is 3.43. The molecule has 0 aliphatic carbocycles. The van der Waals surface area contributed by atoms with Gasteiger partial charge in [0.05, 0.1) is 25.5 Å². The molecule has 0 aromatic heterocycles. The summed E-state index contributed by atoms with van der Waals surface area (Å²) in [5, 5.41) is 0. The predicted octanol–water partition coefficient (Wildman–Crippen LogP) is 3.95. The van der Waals surface area contributed by atoms with E-state index < -0.39 is 0 Å². The Balaban J connectivity index is 1.74. The molecule has 0 amide bonds. The van der Waals surface area contributed by atoms with Crippen LogP contribution < -0.4 is 4.74 Å². The van der Waals surface area contributed by atoms with Gasteiger partial charge in [-0.1, -0.05) is 36.9 Å². The first-order chi connectivity index (χ1) is 12.7. The first-order valence-corrected chi connectivity index (χ1v) is 8.39. The molecular weight excluding hydrogens is 331 g/mol. The number of benzene rings is 2. The number of nitrogens with zero attached hydrogens (tertiary/aromatic N) is 2. The minimum atomic E-state index is -0.362. The number of hydrogen-bond acceptors (Lipinski definition) is 4. The lowest BCUT2D eigenvalue weighted by Gasteiger charge is -2.12. The fourth-order valence-corrected chi connectivity index (χ4v) is 2.29. The van der Waals surface area contributed by atoms with E-state index in [2.05, 4.69) is 16.6 Å². The molecule has 136 valence electrons. The van der Waals surface area contributed by atoms with Crippen LogP contribution in [0.1, 0.15) is 11.1 Å². The van der Waals surface area contributed by atoms with Gasteiger partial charge in [-0.2, -0.15) is 0 Å². The van der Waals surface area contributed by atoms with Gasteiger partial charge < -0.3 is 9.47 Å². The Kier molecular flexibility index (Phi) is 8.23. The third-order valence-corrected chi connectivity index (χ3v) is 3.54. The van der Waals surface area contributed by atoms with Crippen LogP contribution >= 0.6 is 0 Å². The minimum Gasteiger partial charge on any atom is -0.490 e. The van der Waals surface area contributed by atoms with Crippen molar-refractivity contribution in [2.45, 2.75) is 0 Å². The normalized spacial score (nSPS) is 11.7. The smallest absolute Gasteiger partial charge is 0.131 e. The summed E-state index contributed by atoms with van der Waals surface area (Å²) in [5.41, 5.74) is 2.41. The van der Waals surface area contributed by atoms with E-state index >= 15 is 0 Å². The number of halogens is 1. The largest absolute Gasteiger partial charge is 0.490 e. The molecule has 0 radical (unpaired) electrons. The lowest BCUT2D eigenvalue weighted by molar-refractivity contribution is 0.106. The zero-order chi connectivity index (χ0) is 18.6. The Morgan fingerprint density at radius 3 is 2.65 bits per heavy atom. The van der Waals surface area contributed by atoms with Gasteiger partial charge in [-0.25, -0.2) is 4.39 Å². The Morgan fingerprint density at radius 1 is 1.12 bits per heavy atom. The zero-order valence-electron chi connectivity index (χ0n) is 14.9. The van der Waals surface area contributed by atoms with Gasteiger partial charge in [-0.3, -0.25) is 9.98 Å². The molecule has 2 aromatic carbocycles. The maximum absolute atomic E-state index is 13.5. The van der Waals surface area contributed by atoms with E-state index in [1.54, 1.807) is 19.2 Å². The lowest BCUT2D eigenvalue weighted by Crippen LogP contribution is -2.11. The Morgan fingerprint density at radius 2 is 1.92 bits per heavy atom. The van der Waals surface area contributed by atoms with Gasteiger partial charge in [0, 0.05) is 24.9 Å². The molecule has 0 fully saturated rings. The molecule has 26 heavy (non-hydrogen) atoms. The molecule has 5 heteroatoms. The molecule has 2 rings (SSSR count). The zero-order valence-corrected chi connectivity index (χ0v) is 14.9. The van der Waals surface area contributed by atoms with Crippen molar-refractivity contribution in [1.82, 2.24) is 0 Å². The standard InChI is InChI=1S/C21H23FN2O2/c1-3-20(23-2)19-10-9-18(22)15-21(19)26-14-13-25-12-11-24-16-17-7-5-4-6-8-17/h3-10,15-16H,1,11-14H2,2H3. The first kappa shape index (κ1) is 19.5. The SMILES string of the molecule is C=CC(=NC)c1ccc(F)cc1OCCOCCN=Cc1ccccc1. The van der Waals surface area contributed by atoms with E-state index in [4.69, 9.17) is 9.47 Å². The number of ether oxygens (including phenoxy) is 2. The minimum absolute atomic E-state index is 0.312. The molecule has 4 nitrogen and oxygen atoms in total. The van der Waals surface area contributed by atoms with Crippen LogP contribution in [0.3, 0.4) is 0 Å². The van der Waals surface area contributed by atoms with Crippen LogP contribution in [0.2, 0.25) is 0 Å². The van der Waals surface area contributed by atoms with Gasteiger partial charge in [0.2, 0.25) is 0 Å². The summed E-state index contributed by atoms with van der Waals surface area (Å²) < 4.78 is 24.6. The molecule has 0 saturated heterocycles. The molecule has 0 saturated carbocycles. The second kappa shape index (κ2) is 10.9. The van der Waals surface area contributed by atoms with E-state index in [9.17, 15) is 4.39 Å². The third kappa shape index (κ3) is 6.26. The highest BCUT2D eigenvalue weighted by Gasteiger charge is 2.09. The van der Waals surface area contributed by atoms with E-state index in [1.807, 2.05) is 36.5 Å². The Labute approximate surface area is 153 Å². The van der Waals surface area contributed by atoms with Crippen LogP contribution in [0.4, 0.5) is 4.39 Å². The van der Waals surface area contributed by atoms with Crippen molar-refractivity contribution in [3.63, 3.8) is 0 Å². The highest BCUT2D eigenvalue weighted by atomic mass is 19.1. The maximum atomic E-state index is 13.5. The average Bonchev–Trinajstić information content (AvgIpc) is 2.67. The summed E-state index contributed by atoms with van der Waals surface area (Å²) >= 11 is 0. The van der Waals surface area contributed by atoms with Crippen molar-refractivity contribution in [3.05, 3.63) is 78.1 Å². The quantitative estimate of drug-likeness (QED) is 0.479. The Hall–Kier alpha value is -2.79. The molecule has 0 atom stereocenters. The van der Waals surface area contributed by atoms with Crippen LogP contribution in [0.25, 0.3) is 0 Å². The van der Waals surface area contributed by atoms with Gasteiger partial charge in [-0.05, 0) is 23.8 Å². The highest BCUT2D eigenvalue weighted by Crippen LogP contribution is 2.21. The van der Waals surface area contributed by atoms with Crippen molar-refractivity contribution in [2.75, 3.05) is 33.4 Å². The van der Waals surface area contributed by atoms with Crippen LogP contribution in [-0.4, -0.2) is 45.3 Å². The second-order valence-electron chi connectivity index (χ2n) is 5.36. The van der Waals surface area contributed by atoms with Crippen molar-refractivity contribution >= 4 is 11.9 Å². The average molecular weight is 354 g/mol. The summed E-state index contributed by atoms with van der Waals surface area (Å²) in [6.45, 7) is 5.49. The number of rotatable bonds is 10. The lowest BCUT2D eigenvalue weighted by atomic mass is 10.1. The van der Waals surface area contributed by atoms with Crippen molar-refractivity contribution in [2.24, 2.45) is 9.98 Å². The van der Waals surface area contributed by atoms with Gasteiger partial charge in [0.15, 0.2) is 0 Å². The highest BCUT2D eigenvalue weighted by molar-refractivity contribution is 6.10. The van der Waals surface area contributed by atoms with Crippen molar-refractivity contribution in [3.8, 4) is 5.75 Å². The molecule has 0 unspecified atom stereocenters. The predicted molar refractivity (Wildman–Crippen MR) is 104 cm³/mol. The molecule has 0 heterocycles. The third-order valence-electron chi connectivity index (χ3n) is 3.54. The van der Waals surface area contributed by atoms with Gasteiger partial charge in [-0.15, -0.1) is 0 Å². The fourth-order valence-electron chi connectivity index (χ4n) is 2.29. The molecule has 0 aliphatic rings. The van der Waals surface area contributed by atoms with Gasteiger partial charge in [0.25, 0.3) is 0 Å². The van der Waals surface area contributed by atoms with Crippen LogP contribution in [-0.2, 0) is 4.74 Å². The monoisotopic (exact) mass is 354 g/mol. The molecular formula is C21H23FN2O2. The maximum Gasteiger partial charge on any atom is 0.131 e. The molecule has 0 N–H and O–H groups in total. The number of allylic oxidation sites excluding steroid dienone is 1. The summed E-state index contributed by atoms with van der Waals surface area (Å²) in [5.74, 6) is 0.0654. The molecule has 0 aliphatic heterocycles. The fraction of sp³-hybridized carbons (Fsp3) is 0.238. The van der Waals surface area contributed by atoms with Crippen molar-refractivity contribution in [1.29, 1.82) is 0 Å². The molecule has 0 spiro atoms. The van der Waals surface area contributed by atoms with E-state index in [1.165, 1.54) is 12.1 Å². The van der Waals surface area contributed by atoms with E-state index in [0.717, 1.165) is 5.56 Å².